The monoisotopic (exact) mass is 252 g/mol. The van der Waals surface area contributed by atoms with Crippen molar-refractivity contribution >= 4 is 5.91 Å². The third kappa shape index (κ3) is 4.14. The highest BCUT2D eigenvalue weighted by atomic mass is 16.1. The molecule has 3 N–H and O–H groups in total. The summed E-state index contributed by atoms with van der Waals surface area (Å²) in [5.41, 5.74) is 8.74. The number of nitrogens with zero attached hydrogens (tertiary/aromatic N) is 2. The Morgan fingerprint density at radius 1 is 1.44 bits per heavy atom. The highest BCUT2D eigenvalue weighted by Gasteiger charge is 2.14. The fourth-order valence-corrected chi connectivity index (χ4v) is 1.83. The zero-order valence-electron chi connectivity index (χ0n) is 12.0. The second-order valence-corrected chi connectivity index (χ2v) is 5.54. The van der Waals surface area contributed by atoms with Crippen molar-refractivity contribution in [2.75, 3.05) is 6.54 Å². The zero-order chi connectivity index (χ0) is 13.9. The van der Waals surface area contributed by atoms with Gasteiger partial charge in [0.25, 0.3) is 0 Å². The van der Waals surface area contributed by atoms with Crippen LogP contribution in [-0.4, -0.2) is 27.8 Å². The van der Waals surface area contributed by atoms with E-state index in [1.54, 1.807) is 0 Å². The average molecular weight is 252 g/mol. The summed E-state index contributed by atoms with van der Waals surface area (Å²) in [5, 5.41) is 7.19. The molecule has 1 amide bonds. The van der Waals surface area contributed by atoms with Crippen LogP contribution in [-0.2, 0) is 18.3 Å². The first-order valence-corrected chi connectivity index (χ1v) is 6.25. The SMILES string of the molecule is Cc1nn(C)c(C)c1CCC(=O)NCC(C)(C)N. The summed E-state index contributed by atoms with van der Waals surface area (Å²) in [6.07, 6.45) is 1.20. The normalized spacial score (nSPS) is 11.7. The summed E-state index contributed by atoms with van der Waals surface area (Å²) >= 11 is 0. The van der Waals surface area contributed by atoms with Gasteiger partial charge in [0.15, 0.2) is 0 Å². The van der Waals surface area contributed by atoms with Crippen molar-refractivity contribution in [3.8, 4) is 0 Å². The molecular formula is C13H24N4O. The quantitative estimate of drug-likeness (QED) is 0.815. The lowest BCUT2D eigenvalue weighted by Gasteiger charge is -2.18. The van der Waals surface area contributed by atoms with Crippen LogP contribution in [0.5, 0.6) is 0 Å². The minimum Gasteiger partial charge on any atom is -0.354 e. The van der Waals surface area contributed by atoms with E-state index in [4.69, 9.17) is 5.73 Å². The molecule has 0 aromatic carbocycles. The molecule has 0 fully saturated rings. The van der Waals surface area contributed by atoms with Crippen LogP contribution >= 0.6 is 0 Å². The number of hydrogen-bond acceptors (Lipinski definition) is 3. The molecule has 0 bridgehead atoms. The first kappa shape index (κ1) is 14.7. The van der Waals surface area contributed by atoms with Gasteiger partial charge >= 0.3 is 0 Å². The fourth-order valence-electron chi connectivity index (χ4n) is 1.83. The molecule has 0 aliphatic rings. The van der Waals surface area contributed by atoms with Gasteiger partial charge in [-0.25, -0.2) is 0 Å². The minimum atomic E-state index is -0.365. The maximum Gasteiger partial charge on any atom is 0.220 e. The standard InChI is InChI=1S/C13H24N4O/c1-9-11(10(2)17(5)16-9)6-7-12(18)15-8-13(3,4)14/h6-8,14H2,1-5H3,(H,15,18). The molecule has 1 rings (SSSR count). The van der Waals surface area contributed by atoms with Gasteiger partial charge in [0.1, 0.15) is 0 Å². The van der Waals surface area contributed by atoms with Crippen molar-refractivity contribution < 1.29 is 4.79 Å². The summed E-state index contributed by atoms with van der Waals surface area (Å²) < 4.78 is 1.85. The van der Waals surface area contributed by atoms with E-state index in [-0.39, 0.29) is 11.4 Å². The molecule has 0 saturated heterocycles. The molecule has 0 aliphatic heterocycles. The summed E-state index contributed by atoms with van der Waals surface area (Å²) in [6, 6.07) is 0. The molecule has 0 radical (unpaired) electrons. The smallest absolute Gasteiger partial charge is 0.220 e. The average Bonchev–Trinajstić information content (AvgIpc) is 2.47. The molecular weight excluding hydrogens is 228 g/mol. The number of hydrogen-bond donors (Lipinski definition) is 2. The maximum atomic E-state index is 11.7. The minimum absolute atomic E-state index is 0.0381. The zero-order valence-corrected chi connectivity index (χ0v) is 12.0. The number of rotatable bonds is 5. The summed E-state index contributed by atoms with van der Waals surface area (Å²) in [4.78, 5) is 11.7. The van der Waals surface area contributed by atoms with Gasteiger partial charge in [-0.15, -0.1) is 0 Å². The number of carbonyl (C=O) groups excluding carboxylic acids is 1. The van der Waals surface area contributed by atoms with E-state index in [9.17, 15) is 4.79 Å². The highest BCUT2D eigenvalue weighted by molar-refractivity contribution is 5.76. The van der Waals surface area contributed by atoms with Crippen molar-refractivity contribution in [2.45, 2.75) is 46.1 Å². The lowest BCUT2D eigenvalue weighted by atomic mass is 10.1. The number of aryl methyl sites for hydroxylation is 2. The molecule has 102 valence electrons. The van der Waals surface area contributed by atoms with Gasteiger partial charge < -0.3 is 11.1 Å². The summed E-state index contributed by atoms with van der Waals surface area (Å²) in [6.45, 7) is 8.28. The number of carbonyl (C=O) groups is 1. The Bertz CT molecular complexity index is 429. The van der Waals surface area contributed by atoms with Gasteiger partial charge in [-0.3, -0.25) is 9.48 Å². The van der Waals surface area contributed by atoms with Crippen molar-refractivity contribution in [3.05, 3.63) is 17.0 Å². The van der Waals surface area contributed by atoms with Crippen molar-refractivity contribution in [3.63, 3.8) is 0 Å². The predicted molar refractivity (Wildman–Crippen MR) is 72.3 cm³/mol. The Labute approximate surface area is 109 Å². The molecule has 18 heavy (non-hydrogen) atoms. The fraction of sp³-hybridized carbons (Fsp3) is 0.692. The van der Waals surface area contributed by atoms with E-state index in [2.05, 4.69) is 10.4 Å². The van der Waals surface area contributed by atoms with Crippen LogP contribution in [0.3, 0.4) is 0 Å². The molecule has 1 aromatic heterocycles. The highest BCUT2D eigenvalue weighted by Crippen LogP contribution is 2.13. The molecule has 0 atom stereocenters. The molecule has 1 aromatic rings. The largest absolute Gasteiger partial charge is 0.354 e. The molecule has 1 heterocycles. The van der Waals surface area contributed by atoms with Crippen molar-refractivity contribution in [2.24, 2.45) is 12.8 Å². The molecule has 5 heteroatoms. The number of nitrogens with one attached hydrogen (secondary N) is 1. The topological polar surface area (TPSA) is 72.9 Å². The van der Waals surface area contributed by atoms with Crippen LogP contribution in [0.25, 0.3) is 0 Å². The lowest BCUT2D eigenvalue weighted by Crippen LogP contribution is -2.45. The van der Waals surface area contributed by atoms with Crippen LogP contribution in [0, 0.1) is 13.8 Å². The number of nitrogens with two attached hydrogens (primary N) is 1. The maximum absolute atomic E-state index is 11.7. The second-order valence-electron chi connectivity index (χ2n) is 5.54. The third-order valence-corrected chi connectivity index (χ3v) is 3.00. The van der Waals surface area contributed by atoms with Crippen molar-refractivity contribution in [1.82, 2.24) is 15.1 Å². The van der Waals surface area contributed by atoms with Gasteiger partial charge in [0.05, 0.1) is 5.69 Å². The molecule has 0 spiro atoms. The van der Waals surface area contributed by atoms with Crippen molar-refractivity contribution in [1.29, 1.82) is 0 Å². The third-order valence-electron chi connectivity index (χ3n) is 3.00. The lowest BCUT2D eigenvalue weighted by molar-refractivity contribution is -0.121. The second kappa shape index (κ2) is 5.52. The van der Waals surface area contributed by atoms with Gasteiger partial charge in [0, 0.05) is 31.2 Å². The predicted octanol–water partition coefficient (Wildman–Crippen LogP) is 0.823. The van der Waals surface area contributed by atoms with Crippen LogP contribution in [0.4, 0.5) is 0 Å². The van der Waals surface area contributed by atoms with E-state index < -0.39 is 0 Å². The van der Waals surface area contributed by atoms with Crippen LogP contribution in [0.1, 0.15) is 37.2 Å². The molecule has 5 nitrogen and oxygen atoms in total. The Kier molecular flexibility index (Phi) is 4.51. The summed E-state index contributed by atoms with van der Waals surface area (Å²) in [7, 11) is 1.92. The van der Waals surface area contributed by atoms with Crippen LogP contribution < -0.4 is 11.1 Å². The van der Waals surface area contributed by atoms with E-state index in [0.29, 0.717) is 13.0 Å². The molecule has 0 saturated carbocycles. The van der Waals surface area contributed by atoms with Gasteiger partial charge in [0.2, 0.25) is 5.91 Å². The van der Waals surface area contributed by atoms with Crippen LogP contribution in [0.15, 0.2) is 0 Å². The van der Waals surface area contributed by atoms with Crippen LogP contribution in [0.2, 0.25) is 0 Å². The first-order valence-electron chi connectivity index (χ1n) is 6.25. The molecule has 0 aliphatic carbocycles. The Morgan fingerprint density at radius 3 is 2.50 bits per heavy atom. The van der Waals surface area contributed by atoms with Gasteiger partial charge in [-0.2, -0.15) is 5.10 Å². The van der Waals surface area contributed by atoms with E-state index in [1.165, 1.54) is 5.56 Å². The summed E-state index contributed by atoms with van der Waals surface area (Å²) in [5.74, 6) is 0.0381. The van der Waals surface area contributed by atoms with Gasteiger partial charge in [-0.1, -0.05) is 0 Å². The number of amides is 1. The van der Waals surface area contributed by atoms with Gasteiger partial charge in [-0.05, 0) is 39.7 Å². The Balaban J connectivity index is 2.48. The number of aromatic nitrogens is 2. The molecule has 0 unspecified atom stereocenters. The Morgan fingerprint density at radius 2 is 2.06 bits per heavy atom. The Hall–Kier alpha value is -1.36. The van der Waals surface area contributed by atoms with E-state index in [1.807, 2.05) is 39.4 Å². The van der Waals surface area contributed by atoms with E-state index >= 15 is 0 Å². The first-order chi connectivity index (χ1) is 8.20. The van der Waals surface area contributed by atoms with E-state index in [0.717, 1.165) is 17.8 Å².